The zero-order valence-corrected chi connectivity index (χ0v) is 25.2. The zero-order valence-electron chi connectivity index (χ0n) is 25.2. The van der Waals surface area contributed by atoms with Crippen molar-refractivity contribution in [3.63, 3.8) is 0 Å². The van der Waals surface area contributed by atoms with Gasteiger partial charge in [0.1, 0.15) is 11.8 Å². The Morgan fingerprint density at radius 1 is 0.568 bits per heavy atom. The summed E-state index contributed by atoms with van der Waals surface area (Å²) in [6.45, 7) is 3.62. The van der Waals surface area contributed by atoms with Crippen LogP contribution in [0.15, 0.2) is 121 Å². The molecule has 0 heterocycles. The predicted octanol–water partition coefficient (Wildman–Crippen LogP) is 4.92. The van der Waals surface area contributed by atoms with E-state index in [4.69, 9.17) is 21.7 Å². The summed E-state index contributed by atoms with van der Waals surface area (Å²) in [5.41, 5.74) is 15.1. The highest BCUT2D eigenvalue weighted by molar-refractivity contribution is 6.33. The lowest BCUT2D eigenvalue weighted by Crippen LogP contribution is -2.32. The molecule has 0 amide bonds. The number of hydrogen-bond donors (Lipinski definition) is 4. The van der Waals surface area contributed by atoms with Crippen LogP contribution < -0.4 is 11.5 Å². The molecular formula is C36H42N2O6. The molecule has 4 aromatic carbocycles. The third-order valence-corrected chi connectivity index (χ3v) is 5.76. The number of carbonyl (C=O) groups excluding carboxylic acids is 2. The Hall–Kier alpha value is -4.92. The Kier molecular flexibility index (Phi) is 18.3. The molecule has 0 aliphatic rings. The number of aliphatic carboxylic acids is 2. The maximum Gasteiger partial charge on any atom is 0.372 e. The van der Waals surface area contributed by atoms with E-state index in [-0.39, 0.29) is 18.2 Å². The Morgan fingerprint density at radius 2 is 0.909 bits per heavy atom. The monoisotopic (exact) mass is 598 g/mol. The SMILES string of the molecule is CC(=O)Cc1ccccc1.C[C@@H](N)Cc1ccccc1.N[C@@H](Cc1ccccc1)C(=O)O.O=C(O)C(=O)Cc1ccccc1. The van der Waals surface area contributed by atoms with Gasteiger partial charge in [-0.1, -0.05) is 121 Å². The number of hydrogen-bond acceptors (Lipinski definition) is 6. The van der Waals surface area contributed by atoms with Gasteiger partial charge in [-0.05, 0) is 48.9 Å². The standard InChI is InChI=1S/C9H11NO2.C9H13N.C9H8O3.C9H10O/c10-8(9(11)12)6-7-4-2-1-3-5-7;1-8(10)7-9-5-3-2-4-6-9;10-8(9(11)12)6-7-4-2-1-3-5-7;1-8(10)7-9-5-3-2-4-6-9/h1-5,8H,6,10H2,(H,11,12);2-6,8H,7,10H2,1H3;1-5H,6H2,(H,11,12);2-6H,7H2,1H3/t2*8-;;/m01../s1. The van der Waals surface area contributed by atoms with Crippen molar-refractivity contribution in [1.29, 1.82) is 0 Å². The highest BCUT2D eigenvalue weighted by Gasteiger charge is 2.11. The van der Waals surface area contributed by atoms with Crippen LogP contribution in [0, 0.1) is 0 Å². The van der Waals surface area contributed by atoms with Crippen LogP contribution in [-0.4, -0.2) is 45.8 Å². The Morgan fingerprint density at radius 3 is 1.23 bits per heavy atom. The molecule has 232 valence electrons. The van der Waals surface area contributed by atoms with Gasteiger partial charge in [-0.2, -0.15) is 0 Å². The van der Waals surface area contributed by atoms with Gasteiger partial charge in [0.05, 0.1) is 0 Å². The quantitative estimate of drug-likeness (QED) is 0.187. The largest absolute Gasteiger partial charge is 0.480 e. The van der Waals surface area contributed by atoms with Gasteiger partial charge in [0.2, 0.25) is 5.78 Å². The van der Waals surface area contributed by atoms with E-state index in [0.29, 0.717) is 12.8 Å². The van der Waals surface area contributed by atoms with E-state index in [0.717, 1.165) is 23.1 Å². The van der Waals surface area contributed by atoms with Crippen LogP contribution in [0.25, 0.3) is 0 Å². The van der Waals surface area contributed by atoms with E-state index in [1.165, 1.54) is 5.56 Å². The average molecular weight is 599 g/mol. The first-order valence-corrected chi connectivity index (χ1v) is 14.1. The van der Waals surface area contributed by atoms with Gasteiger partial charge in [-0.25, -0.2) is 4.79 Å². The molecule has 0 fully saturated rings. The van der Waals surface area contributed by atoms with E-state index < -0.39 is 23.8 Å². The molecule has 2 atom stereocenters. The van der Waals surface area contributed by atoms with Crippen molar-refractivity contribution >= 4 is 23.5 Å². The number of carboxylic acid groups (broad SMARTS) is 2. The number of benzene rings is 4. The molecule has 0 unspecified atom stereocenters. The summed E-state index contributed by atoms with van der Waals surface area (Å²) in [6, 6.07) is 37.7. The minimum Gasteiger partial charge on any atom is -0.480 e. The molecule has 8 nitrogen and oxygen atoms in total. The van der Waals surface area contributed by atoms with Gasteiger partial charge >= 0.3 is 11.9 Å². The van der Waals surface area contributed by atoms with Gasteiger partial charge in [0.15, 0.2) is 0 Å². The highest BCUT2D eigenvalue weighted by Crippen LogP contribution is 2.03. The minimum atomic E-state index is -1.38. The first-order valence-electron chi connectivity index (χ1n) is 14.1. The van der Waals surface area contributed by atoms with Crippen molar-refractivity contribution < 1.29 is 29.4 Å². The van der Waals surface area contributed by atoms with Crippen LogP contribution in [-0.2, 0) is 44.9 Å². The first-order chi connectivity index (χ1) is 21.0. The van der Waals surface area contributed by atoms with Crippen LogP contribution in [0.3, 0.4) is 0 Å². The van der Waals surface area contributed by atoms with Crippen LogP contribution >= 0.6 is 0 Å². The molecule has 0 aromatic heterocycles. The number of nitrogens with two attached hydrogens (primary N) is 2. The molecule has 0 saturated heterocycles. The second kappa shape index (κ2) is 21.7. The topological polar surface area (TPSA) is 161 Å². The molecule has 0 spiro atoms. The fraction of sp³-hybridized carbons (Fsp3) is 0.222. The molecular weight excluding hydrogens is 556 g/mol. The molecule has 0 aliphatic carbocycles. The number of carboxylic acids is 2. The van der Waals surface area contributed by atoms with Crippen molar-refractivity contribution in [2.75, 3.05) is 0 Å². The molecule has 4 rings (SSSR count). The van der Waals surface area contributed by atoms with Crippen LogP contribution in [0.1, 0.15) is 36.1 Å². The molecule has 4 aromatic rings. The Bertz CT molecular complexity index is 1380. The van der Waals surface area contributed by atoms with E-state index in [1.807, 2.05) is 91.9 Å². The molecule has 8 heteroatoms. The van der Waals surface area contributed by atoms with Gasteiger partial charge < -0.3 is 21.7 Å². The van der Waals surface area contributed by atoms with Gasteiger partial charge in [-0.3, -0.25) is 14.4 Å². The lowest BCUT2D eigenvalue weighted by atomic mass is 10.1. The zero-order chi connectivity index (χ0) is 32.7. The fourth-order valence-corrected chi connectivity index (χ4v) is 3.68. The first kappa shape index (κ1) is 37.1. The smallest absolute Gasteiger partial charge is 0.372 e. The summed E-state index contributed by atoms with van der Waals surface area (Å²) >= 11 is 0. The van der Waals surface area contributed by atoms with Gasteiger partial charge in [0.25, 0.3) is 0 Å². The summed E-state index contributed by atoms with van der Waals surface area (Å²) in [7, 11) is 0. The predicted molar refractivity (Wildman–Crippen MR) is 173 cm³/mol. The summed E-state index contributed by atoms with van der Waals surface area (Å²) in [4.78, 5) is 41.9. The van der Waals surface area contributed by atoms with Crippen molar-refractivity contribution in [2.24, 2.45) is 11.5 Å². The minimum absolute atomic E-state index is 0.0316. The van der Waals surface area contributed by atoms with E-state index >= 15 is 0 Å². The molecule has 0 aliphatic heterocycles. The van der Waals surface area contributed by atoms with Gasteiger partial charge in [0, 0.05) is 18.9 Å². The molecule has 44 heavy (non-hydrogen) atoms. The van der Waals surface area contributed by atoms with Crippen molar-refractivity contribution in [1.82, 2.24) is 0 Å². The summed E-state index contributed by atoms with van der Waals surface area (Å²) in [5.74, 6) is -2.90. The van der Waals surface area contributed by atoms with E-state index in [2.05, 4.69) is 12.1 Å². The van der Waals surface area contributed by atoms with Crippen molar-refractivity contribution in [3.8, 4) is 0 Å². The average Bonchev–Trinajstić information content (AvgIpc) is 2.99. The summed E-state index contributed by atoms with van der Waals surface area (Å²) in [6.07, 6.45) is 1.88. The molecule has 0 bridgehead atoms. The van der Waals surface area contributed by atoms with Crippen LogP contribution in [0.2, 0.25) is 0 Å². The van der Waals surface area contributed by atoms with Crippen molar-refractivity contribution in [3.05, 3.63) is 144 Å². The number of ketones is 2. The maximum absolute atomic E-state index is 10.7. The molecule has 6 N–H and O–H groups in total. The molecule has 0 saturated carbocycles. The third kappa shape index (κ3) is 18.5. The highest BCUT2D eigenvalue weighted by atomic mass is 16.4. The normalized spacial score (nSPS) is 11.0. The van der Waals surface area contributed by atoms with Gasteiger partial charge in [-0.15, -0.1) is 0 Å². The second-order valence-electron chi connectivity index (χ2n) is 10.1. The van der Waals surface area contributed by atoms with E-state index in [1.54, 1.807) is 31.2 Å². The Balaban J connectivity index is 0.000000294. The molecule has 0 radical (unpaired) electrons. The van der Waals surface area contributed by atoms with Crippen molar-refractivity contribution in [2.45, 2.75) is 51.6 Å². The summed E-state index contributed by atoms with van der Waals surface area (Å²) in [5, 5.41) is 16.8. The lowest BCUT2D eigenvalue weighted by molar-refractivity contribution is -0.148. The van der Waals surface area contributed by atoms with E-state index in [9.17, 15) is 19.2 Å². The summed E-state index contributed by atoms with van der Waals surface area (Å²) < 4.78 is 0. The number of rotatable bonds is 10. The lowest BCUT2D eigenvalue weighted by Gasteiger charge is -2.04. The Labute approximate surface area is 259 Å². The number of Topliss-reactive ketones (excluding diaryl/α,β-unsaturated/α-hetero) is 2. The van der Waals surface area contributed by atoms with Crippen LogP contribution in [0.4, 0.5) is 0 Å². The second-order valence-corrected chi connectivity index (χ2v) is 10.1. The maximum atomic E-state index is 10.7. The third-order valence-electron chi connectivity index (χ3n) is 5.76. The number of carbonyl (C=O) groups is 4. The van der Waals surface area contributed by atoms with Crippen LogP contribution in [0.5, 0.6) is 0 Å². The fourth-order valence-electron chi connectivity index (χ4n) is 3.68.